The van der Waals surface area contributed by atoms with Gasteiger partial charge in [0, 0.05) is 18.7 Å². The number of carbonyl (C=O) groups is 1. The fraction of sp³-hybridized carbons (Fsp3) is 0.250. The zero-order valence-corrected chi connectivity index (χ0v) is 15.7. The number of fused-ring (bicyclic) bond motifs is 1. The van der Waals surface area contributed by atoms with E-state index in [0.717, 1.165) is 11.3 Å². The Hall–Kier alpha value is -2.60. The van der Waals surface area contributed by atoms with Crippen LogP contribution in [0.5, 0.6) is 0 Å². The zero-order valence-electron chi connectivity index (χ0n) is 14.9. The fourth-order valence-corrected chi connectivity index (χ4v) is 4.92. The van der Waals surface area contributed by atoms with E-state index in [4.69, 9.17) is 0 Å². The predicted octanol–water partition coefficient (Wildman–Crippen LogP) is 3.37. The second kappa shape index (κ2) is 6.96. The van der Waals surface area contributed by atoms with Gasteiger partial charge in [0.2, 0.25) is 5.91 Å². The third-order valence-electron chi connectivity index (χ3n) is 4.53. The van der Waals surface area contributed by atoms with Gasteiger partial charge < -0.3 is 4.90 Å². The van der Waals surface area contributed by atoms with Crippen LogP contribution >= 0.6 is 0 Å². The van der Waals surface area contributed by atoms with Crippen LogP contribution in [0.2, 0.25) is 0 Å². The Balaban J connectivity index is 2.04. The Morgan fingerprint density at radius 2 is 1.96 bits per heavy atom. The monoisotopic (exact) mass is 370 g/mol. The van der Waals surface area contributed by atoms with E-state index >= 15 is 0 Å². The number of rotatable bonds is 5. The maximum absolute atomic E-state index is 13.2. The maximum atomic E-state index is 13.2. The Kier molecular flexibility index (Phi) is 4.87. The smallest absolute Gasteiger partial charge is 0.264 e. The lowest BCUT2D eigenvalue weighted by atomic mass is 10.1. The van der Waals surface area contributed by atoms with Gasteiger partial charge in [0.25, 0.3) is 10.0 Å². The van der Waals surface area contributed by atoms with Crippen LogP contribution in [0.15, 0.2) is 66.1 Å². The lowest BCUT2D eigenvalue weighted by Gasteiger charge is -2.24. The van der Waals surface area contributed by atoms with Crippen LogP contribution in [0.1, 0.15) is 19.4 Å². The van der Waals surface area contributed by atoms with E-state index in [0.29, 0.717) is 12.1 Å². The second-order valence-electron chi connectivity index (χ2n) is 6.39. The van der Waals surface area contributed by atoms with Crippen molar-refractivity contribution in [3.05, 3.63) is 66.7 Å². The molecule has 0 fully saturated rings. The largest absolute Gasteiger partial charge is 0.309 e. The molecule has 0 radical (unpaired) electrons. The van der Waals surface area contributed by atoms with Crippen molar-refractivity contribution in [1.29, 1.82) is 0 Å². The molecule has 0 aromatic heterocycles. The van der Waals surface area contributed by atoms with Gasteiger partial charge in [0.05, 0.1) is 17.1 Å². The molecule has 1 atom stereocenters. The van der Waals surface area contributed by atoms with Gasteiger partial charge >= 0.3 is 0 Å². The Bertz CT molecular complexity index is 939. The first kappa shape index (κ1) is 18.2. The normalized spacial score (nSPS) is 16.2. The van der Waals surface area contributed by atoms with Crippen LogP contribution in [-0.4, -0.2) is 26.9 Å². The van der Waals surface area contributed by atoms with Crippen molar-refractivity contribution >= 4 is 27.3 Å². The molecular weight excluding hydrogens is 348 g/mol. The standard InChI is InChI=1S/C20H22N2O3S/c1-4-12-21(18-8-6-5-7-9-18)26(24,25)19-10-11-20-17(14-19)13-15(2)22(20)16(3)23/h4-11,14-15H,1,12-13H2,2-3H3. The number of hydrogen-bond donors (Lipinski definition) is 0. The average Bonchev–Trinajstić information content (AvgIpc) is 2.95. The summed E-state index contributed by atoms with van der Waals surface area (Å²) in [5, 5.41) is 0. The minimum Gasteiger partial charge on any atom is -0.309 e. The molecule has 1 aliphatic heterocycles. The van der Waals surface area contributed by atoms with Gasteiger partial charge in [-0.15, -0.1) is 6.58 Å². The summed E-state index contributed by atoms with van der Waals surface area (Å²) in [5.74, 6) is -0.0376. The molecule has 136 valence electrons. The van der Waals surface area contributed by atoms with Crippen molar-refractivity contribution in [2.24, 2.45) is 0 Å². The average molecular weight is 370 g/mol. The lowest BCUT2D eigenvalue weighted by molar-refractivity contribution is -0.116. The van der Waals surface area contributed by atoms with Gasteiger partial charge in [0.1, 0.15) is 0 Å². The lowest BCUT2D eigenvalue weighted by Crippen LogP contribution is -2.33. The minimum absolute atomic E-state index is 0.0267. The van der Waals surface area contributed by atoms with Gasteiger partial charge in [-0.3, -0.25) is 9.10 Å². The van der Waals surface area contributed by atoms with Crippen LogP contribution in [0.4, 0.5) is 11.4 Å². The summed E-state index contributed by atoms with van der Waals surface area (Å²) in [6.07, 6.45) is 2.21. The van der Waals surface area contributed by atoms with Crippen molar-refractivity contribution in [2.75, 3.05) is 15.7 Å². The number of anilines is 2. The molecule has 0 saturated heterocycles. The van der Waals surface area contributed by atoms with E-state index in [1.807, 2.05) is 13.0 Å². The molecule has 1 aliphatic rings. The van der Waals surface area contributed by atoms with Gasteiger partial charge in [0.15, 0.2) is 0 Å². The summed E-state index contributed by atoms with van der Waals surface area (Å²) in [6, 6.07) is 14.0. The molecular formula is C20H22N2O3S. The van der Waals surface area contributed by atoms with E-state index in [2.05, 4.69) is 6.58 Å². The minimum atomic E-state index is -3.73. The van der Waals surface area contributed by atoms with E-state index in [1.54, 1.807) is 53.4 Å². The zero-order chi connectivity index (χ0) is 18.9. The number of hydrogen-bond acceptors (Lipinski definition) is 3. The molecule has 1 unspecified atom stereocenters. The van der Waals surface area contributed by atoms with Gasteiger partial charge in [-0.25, -0.2) is 8.42 Å². The molecule has 0 N–H and O–H groups in total. The first-order chi connectivity index (χ1) is 12.4. The second-order valence-corrected chi connectivity index (χ2v) is 8.26. The number of carbonyl (C=O) groups excluding carboxylic acids is 1. The Morgan fingerprint density at radius 1 is 1.27 bits per heavy atom. The first-order valence-electron chi connectivity index (χ1n) is 8.47. The highest BCUT2D eigenvalue weighted by Gasteiger charge is 2.31. The van der Waals surface area contributed by atoms with Crippen LogP contribution in [0.3, 0.4) is 0 Å². The topological polar surface area (TPSA) is 57.7 Å². The molecule has 1 amide bonds. The molecule has 0 spiro atoms. The van der Waals surface area contributed by atoms with E-state index in [-0.39, 0.29) is 23.4 Å². The molecule has 3 rings (SSSR count). The SMILES string of the molecule is C=CCN(c1ccccc1)S(=O)(=O)c1ccc2c(c1)CC(C)N2C(C)=O. The van der Waals surface area contributed by atoms with E-state index in [9.17, 15) is 13.2 Å². The highest BCUT2D eigenvalue weighted by molar-refractivity contribution is 7.92. The molecule has 1 heterocycles. The van der Waals surface area contributed by atoms with Crippen molar-refractivity contribution in [2.45, 2.75) is 31.2 Å². The summed E-state index contributed by atoms with van der Waals surface area (Å²) in [7, 11) is -3.73. The number of amides is 1. The number of para-hydroxylation sites is 1. The highest BCUT2D eigenvalue weighted by Crippen LogP contribution is 2.35. The third kappa shape index (κ3) is 3.12. The molecule has 5 nitrogen and oxygen atoms in total. The fourth-order valence-electron chi connectivity index (χ4n) is 3.43. The molecule has 0 saturated carbocycles. The summed E-state index contributed by atoms with van der Waals surface area (Å²) < 4.78 is 27.8. The summed E-state index contributed by atoms with van der Waals surface area (Å²) in [5.41, 5.74) is 2.26. The molecule has 2 aromatic rings. The maximum Gasteiger partial charge on any atom is 0.264 e. The third-order valence-corrected chi connectivity index (χ3v) is 6.32. The summed E-state index contributed by atoms with van der Waals surface area (Å²) >= 11 is 0. The number of benzene rings is 2. The molecule has 26 heavy (non-hydrogen) atoms. The van der Waals surface area contributed by atoms with Crippen LogP contribution in [0, 0.1) is 0 Å². The highest BCUT2D eigenvalue weighted by atomic mass is 32.2. The van der Waals surface area contributed by atoms with Crippen molar-refractivity contribution in [3.63, 3.8) is 0 Å². The number of nitrogens with zero attached hydrogens (tertiary/aromatic N) is 2. The van der Waals surface area contributed by atoms with Crippen molar-refractivity contribution in [3.8, 4) is 0 Å². The van der Waals surface area contributed by atoms with Crippen molar-refractivity contribution < 1.29 is 13.2 Å². The Morgan fingerprint density at radius 3 is 2.58 bits per heavy atom. The van der Waals surface area contributed by atoms with Crippen molar-refractivity contribution in [1.82, 2.24) is 0 Å². The van der Waals surface area contributed by atoms with E-state index in [1.165, 1.54) is 11.2 Å². The van der Waals surface area contributed by atoms with Gasteiger partial charge in [-0.2, -0.15) is 0 Å². The summed E-state index contributed by atoms with van der Waals surface area (Å²) in [4.78, 5) is 13.8. The van der Waals surface area contributed by atoms with Gasteiger partial charge in [-0.1, -0.05) is 24.3 Å². The van der Waals surface area contributed by atoms with E-state index < -0.39 is 10.0 Å². The first-order valence-corrected chi connectivity index (χ1v) is 9.91. The number of sulfonamides is 1. The molecule has 2 aromatic carbocycles. The predicted molar refractivity (Wildman–Crippen MR) is 104 cm³/mol. The summed E-state index contributed by atoms with van der Waals surface area (Å²) in [6.45, 7) is 7.35. The quantitative estimate of drug-likeness (QED) is 0.758. The van der Waals surface area contributed by atoms with Crippen LogP contribution < -0.4 is 9.21 Å². The molecule has 6 heteroatoms. The molecule has 0 aliphatic carbocycles. The van der Waals surface area contributed by atoms with Crippen LogP contribution in [-0.2, 0) is 21.2 Å². The van der Waals surface area contributed by atoms with Crippen LogP contribution in [0.25, 0.3) is 0 Å². The Labute approximate surface area is 154 Å². The molecule has 0 bridgehead atoms. The van der Waals surface area contributed by atoms with Gasteiger partial charge in [-0.05, 0) is 49.2 Å².